The highest BCUT2D eigenvalue weighted by Gasteiger charge is 2.25. The quantitative estimate of drug-likeness (QED) is 0.324. The first kappa shape index (κ1) is 19.8. The summed E-state index contributed by atoms with van der Waals surface area (Å²) in [6.45, 7) is 0.382. The Kier molecular flexibility index (Phi) is 6.48. The van der Waals surface area contributed by atoms with Gasteiger partial charge in [0.05, 0.1) is 6.61 Å². The van der Waals surface area contributed by atoms with Gasteiger partial charge in [-0.05, 0) is 28.7 Å². The lowest BCUT2D eigenvalue weighted by atomic mass is 9.93. The summed E-state index contributed by atoms with van der Waals surface area (Å²) in [7, 11) is 0. The fraction of sp³-hybridized carbons (Fsp3) is 0.107. The van der Waals surface area contributed by atoms with Crippen LogP contribution in [0.15, 0.2) is 115 Å². The number of benzene rings is 4. The van der Waals surface area contributed by atoms with Crippen molar-refractivity contribution in [3.8, 4) is 0 Å². The second-order valence-corrected chi connectivity index (χ2v) is 7.27. The Bertz CT molecular complexity index is 1070. The van der Waals surface area contributed by atoms with Crippen molar-refractivity contribution in [2.75, 3.05) is 0 Å². The van der Waals surface area contributed by atoms with Gasteiger partial charge >= 0.3 is 0 Å². The molecule has 0 spiro atoms. The van der Waals surface area contributed by atoms with E-state index in [4.69, 9.17) is 4.74 Å². The van der Waals surface area contributed by atoms with E-state index in [1.165, 1.54) is 5.56 Å². The normalized spacial score (nSPS) is 11.7. The molecule has 4 aromatic carbocycles. The third-order valence-electron chi connectivity index (χ3n) is 5.12. The predicted molar refractivity (Wildman–Crippen MR) is 120 cm³/mol. The average molecular weight is 392 g/mol. The SMILES string of the molecule is O=C(c1ccccc1Cc1ccccc1)C(OCc1ccccc1)c1ccccc1. The molecule has 0 amide bonds. The summed E-state index contributed by atoms with van der Waals surface area (Å²) in [5.41, 5.74) is 4.82. The maximum absolute atomic E-state index is 13.7. The molecule has 0 N–H and O–H groups in total. The van der Waals surface area contributed by atoms with Gasteiger partial charge < -0.3 is 4.74 Å². The zero-order valence-corrected chi connectivity index (χ0v) is 16.8. The topological polar surface area (TPSA) is 26.3 Å². The third-order valence-corrected chi connectivity index (χ3v) is 5.12. The van der Waals surface area contributed by atoms with Gasteiger partial charge in [-0.1, -0.05) is 115 Å². The van der Waals surface area contributed by atoms with Gasteiger partial charge in [-0.25, -0.2) is 0 Å². The number of carbonyl (C=O) groups is 1. The number of hydrogen-bond acceptors (Lipinski definition) is 2. The summed E-state index contributed by atoms with van der Waals surface area (Å²) in [4.78, 5) is 13.7. The molecule has 2 nitrogen and oxygen atoms in total. The number of carbonyl (C=O) groups excluding carboxylic acids is 1. The smallest absolute Gasteiger partial charge is 0.196 e. The monoisotopic (exact) mass is 392 g/mol. The Labute approximate surface area is 177 Å². The fourth-order valence-electron chi connectivity index (χ4n) is 3.58. The molecule has 0 radical (unpaired) electrons. The number of Topliss-reactive ketones (excluding diaryl/α,β-unsaturated/α-hetero) is 1. The molecule has 1 unspecified atom stereocenters. The molecule has 30 heavy (non-hydrogen) atoms. The molecule has 0 aromatic heterocycles. The molecule has 0 bridgehead atoms. The van der Waals surface area contributed by atoms with Gasteiger partial charge in [0.2, 0.25) is 0 Å². The number of ether oxygens (including phenoxy) is 1. The molecule has 0 aliphatic carbocycles. The van der Waals surface area contributed by atoms with Gasteiger partial charge in [-0.3, -0.25) is 4.79 Å². The summed E-state index contributed by atoms with van der Waals surface area (Å²) in [5, 5.41) is 0. The summed E-state index contributed by atoms with van der Waals surface area (Å²) in [5.74, 6) is -0.0105. The highest BCUT2D eigenvalue weighted by molar-refractivity contribution is 6.01. The Morgan fingerprint density at radius 1 is 0.633 bits per heavy atom. The molecule has 0 saturated carbocycles. The van der Waals surface area contributed by atoms with E-state index >= 15 is 0 Å². The Morgan fingerprint density at radius 3 is 1.83 bits per heavy atom. The van der Waals surface area contributed by atoms with E-state index in [9.17, 15) is 4.79 Å². The van der Waals surface area contributed by atoms with Crippen molar-refractivity contribution in [1.29, 1.82) is 0 Å². The largest absolute Gasteiger partial charge is 0.361 e. The van der Waals surface area contributed by atoms with E-state index < -0.39 is 6.10 Å². The van der Waals surface area contributed by atoms with Crippen molar-refractivity contribution in [2.45, 2.75) is 19.1 Å². The van der Waals surface area contributed by atoms with Crippen molar-refractivity contribution in [2.24, 2.45) is 0 Å². The van der Waals surface area contributed by atoms with Crippen molar-refractivity contribution in [1.82, 2.24) is 0 Å². The molecule has 0 saturated heterocycles. The predicted octanol–water partition coefficient (Wildman–Crippen LogP) is 6.42. The maximum atomic E-state index is 13.7. The molecule has 4 rings (SSSR count). The lowest BCUT2D eigenvalue weighted by molar-refractivity contribution is 0.0333. The maximum Gasteiger partial charge on any atom is 0.196 e. The van der Waals surface area contributed by atoms with E-state index in [1.807, 2.05) is 103 Å². The average Bonchev–Trinajstić information content (AvgIpc) is 2.81. The lowest BCUT2D eigenvalue weighted by Crippen LogP contribution is -2.18. The van der Waals surface area contributed by atoms with E-state index in [0.29, 0.717) is 18.6 Å². The second-order valence-electron chi connectivity index (χ2n) is 7.27. The molecule has 1 atom stereocenters. The second kappa shape index (κ2) is 9.82. The minimum absolute atomic E-state index is 0.0105. The zero-order chi connectivity index (χ0) is 20.6. The third kappa shape index (κ3) is 4.91. The minimum Gasteiger partial charge on any atom is -0.361 e. The fourth-order valence-corrected chi connectivity index (χ4v) is 3.58. The molecule has 0 aliphatic heterocycles. The van der Waals surface area contributed by atoms with E-state index in [1.54, 1.807) is 0 Å². The standard InChI is InChI=1S/C28H24O2/c29-27(26-19-11-10-18-25(26)20-22-12-4-1-5-13-22)28(24-16-8-3-9-17-24)30-21-23-14-6-2-7-15-23/h1-19,28H,20-21H2. The van der Waals surface area contributed by atoms with Crippen LogP contribution in [0, 0.1) is 0 Å². The van der Waals surface area contributed by atoms with Crippen LogP contribution in [0.3, 0.4) is 0 Å². The summed E-state index contributed by atoms with van der Waals surface area (Å²) >= 11 is 0. The van der Waals surface area contributed by atoms with Crippen LogP contribution < -0.4 is 0 Å². The lowest BCUT2D eigenvalue weighted by Gasteiger charge is -2.19. The number of ketones is 1. The first-order chi connectivity index (χ1) is 14.8. The van der Waals surface area contributed by atoms with E-state index in [-0.39, 0.29) is 5.78 Å². The Balaban J connectivity index is 1.63. The van der Waals surface area contributed by atoms with Gasteiger partial charge in [-0.15, -0.1) is 0 Å². The van der Waals surface area contributed by atoms with Crippen LogP contribution in [0.5, 0.6) is 0 Å². The zero-order valence-electron chi connectivity index (χ0n) is 16.8. The Hall–Kier alpha value is -3.49. The van der Waals surface area contributed by atoms with E-state index in [2.05, 4.69) is 12.1 Å². The molecule has 2 heteroatoms. The molecule has 4 aromatic rings. The summed E-state index contributed by atoms with van der Waals surface area (Å²) in [6, 6.07) is 37.7. The van der Waals surface area contributed by atoms with Gasteiger partial charge in [0.15, 0.2) is 5.78 Å². The van der Waals surface area contributed by atoms with Gasteiger partial charge in [0, 0.05) is 5.56 Å². The van der Waals surface area contributed by atoms with Crippen molar-refractivity contribution < 1.29 is 9.53 Å². The first-order valence-corrected chi connectivity index (χ1v) is 10.2. The van der Waals surface area contributed by atoms with Crippen molar-refractivity contribution in [3.05, 3.63) is 143 Å². The van der Waals surface area contributed by atoms with Gasteiger partial charge in [0.1, 0.15) is 6.10 Å². The molecule has 148 valence electrons. The van der Waals surface area contributed by atoms with Gasteiger partial charge in [-0.2, -0.15) is 0 Å². The molecule has 0 heterocycles. The van der Waals surface area contributed by atoms with Crippen LogP contribution in [-0.4, -0.2) is 5.78 Å². The summed E-state index contributed by atoms with van der Waals surface area (Å²) < 4.78 is 6.19. The van der Waals surface area contributed by atoms with Crippen LogP contribution in [-0.2, 0) is 17.8 Å². The molecular formula is C28H24O2. The molecule has 0 fully saturated rings. The number of rotatable bonds is 8. The van der Waals surface area contributed by atoms with Crippen LogP contribution in [0.2, 0.25) is 0 Å². The van der Waals surface area contributed by atoms with Gasteiger partial charge in [0.25, 0.3) is 0 Å². The van der Waals surface area contributed by atoms with Crippen molar-refractivity contribution in [3.63, 3.8) is 0 Å². The first-order valence-electron chi connectivity index (χ1n) is 10.2. The van der Waals surface area contributed by atoms with Crippen LogP contribution in [0.1, 0.15) is 38.7 Å². The summed E-state index contributed by atoms with van der Waals surface area (Å²) in [6.07, 6.45) is 0.0616. The minimum atomic E-state index is -0.650. The van der Waals surface area contributed by atoms with Crippen LogP contribution in [0.25, 0.3) is 0 Å². The highest BCUT2D eigenvalue weighted by Crippen LogP contribution is 2.26. The van der Waals surface area contributed by atoms with Crippen molar-refractivity contribution >= 4 is 5.78 Å². The van der Waals surface area contributed by atoms with Crippen LogP contribution >= 0.6 is 0 Å². The molecular weight excluding hydrogens is 368 g/mol. The molecule has 0 aliphatic rings. The van der Waals surface area contributed by atoms with Crippen LogP contribution in [0.4, 0.5) is 0 Å². The Morgan fingerprint density at radius 2 is 1.17 bits per heavy atom. The highest BCUT2D eigenvalue weighted by atomic mass is 16.5. The number of hydrogen-bond donors (Lipinski definition) is 0. The van der Waals surface area contributed by atoms with E-state index in [0.717, 1.165) is 16.7 Å².